The van der Waals surface area contributed by atoms with E-state index in [1.165, 1.54) is 0 Å². The SMILES string of the molecule is CC(C)(C)c1csc(Nc2ccc(C(N)=S)cc2Br)n1. The molecule has 2 aromatic rings. The maximum absolute atomic E-state index is 5.62. The zero-order chi connectivity index (χ0) is 14.9. The Morgan fingerprint density at radius 2 is 2.10 bits per heavy atom. The number of thiazole rings is 1. The lowest BCUT2D eigenvalue weighted by Gasteiger charge is -2.14. The molecule has 106 valence electrons. The van der Waals surface area contributed by atoms with Gasteiger partial charge in [-0.25, -0.2) is 4.98 Å². The van der Waals surface area contributed by atoms with Gasteiger partial charge in [0, 0.05) is 20.8 Å². The molecule has 0 saturated heterocycles. The van der Waals surface area contributed by atoms with Crippen LogP contribution >= 0.6 is 39.5 Å². The van der Waals surface area contributed by atoms with Crippen LogP contribution in [0.4, 0.5) is 10.8 Å². The number of thiocarbonyl (C=S) groups is 1. The van der Waals surface area contributed by atoms with Crippen LogP contribution in [0.25, 0.3) is 0 Å². The molecule has 1 aromatic heterocycles. The molecule has 1 aromatic carbocycles. The van der Waals surface area contributed by atoms with Crippen molar-refractivity contribution < 1.29 is 0 Å². The maximum atomic E-state index is 5.62. The van der Waals surface area contributed by atoms with Crippen molar-refractivity contribution in [1.82, 2.24) is 4.98 Å². The molecule has 0 spiro atoms. The zero-order valence-electron chi connectivity index (χ0n) is 11.5. The molecule has 3 nitrogen and oxygen atoms in total. The third-order valence-corrected chi connectivity index (χ3v) is 4.42. The van der Waals surface area contributed by atoms with Crippen LogP contribution in [0, 0.1) is 0 Å². The summed E-state index contributed by atoms with van der Waals surface area (Å²) in [4.78, 5) is 5.00. The molecule has 0 bridgehead atoms. The number of rotatable bonds is 3. The van der Waals surface area contributed by atoms with Gasteiger partial charge in [-0.2, -0.15) is 0 Å². The Kier molecular flexibility index (Phi) is 4.46. The van der Waals surface area contributed by atoms with Gasteiger partial charge in [0.1, 0.15) is 4.99 Å². The highest BCUT2D eigenvalue weighted by atomic mass is 79.9. The molecular formula is C14H16BrN3S2. The molecule has 0 saturated carbocycles. The lowest BCUT2D eigenvalue weighted by atomic mass is 9.93. The van der Waals surface area contributed by atoms with Crippen molar-refractivity contribution in [3.63, 3.8) is 0 Å². The van der Waals surface area contributed by atoms with E-state index in [0.717, 1.165) is 26.5 Å². The minimum Gasteiger partial charge on any atom is -0.389 e. The third-order valence-electron chi connectivity index (χ3n) is 2.77. The molecule has 0 aliphatic carbocycles. The van der Waals surface area contributed by atoms with Gasteiger partial charge in [0.05, 0.1) is 11.4 Å². The Morgan fingerprint density at radius 1 is 1.40 bits per heavy atom. The summed E-state index contributed by atoms with van der Waals surface area (Å²) in [6.45, 7) is 6.45. The lowest BCUT2D eigenvalue weighted by molar-refractivity contribution is 0.573. The normalized spacial score (nSPS) is 11.4. The maximum Gasteiger partial charge on any atom is 0.187 e. The molecule has 6 heteroatoms. The molecule has 0 radical (unpaired) electrons. The lowest BCUT2D eigenvalue weighted by Crippen LogP contribution is -2.11. The van der Waals surface area contributed by atoms with Gasteiger partial charge >= 0.3 is 0 Å². The van der Waals surface area contributed by atoms with Crippen LogP contribution < -0.4 is 11.1 Å². The average molecular weight is 370 g/mol. The van der Waals surface area contributed by atoms with E-state index in [1.807, 2.05) is 18.2 Å². The standard InChI is InChI=1S/C14H16BrN3S2/c1-14(2,3)11-7-20-13(18-11)17-10-5-4-8(12(16)19)6-9(10)15/h4-7H,1-3H3,(H2,16,19)(H,17,18). The summed E-state index contributed by atoms with van der Waals surface area (Å²) in [6, 6.07) is 5.74. The quantitative estimate of drug-likeness (QED) is 0.777. The Balaban J connectivity index is 2.22. The van der Waals surface area contributed by atoms with Crippen LogP contribution in [-0.4, -0.2) is 9.97 Å². The summed E-state index contributed by atoms with van der Waals surface area (Å²) in [5.41, 5.74) is 8.54. The largest absolute Gasteiger partial charge is 0.389 e. The molecule has 2 rings (SSSR count). The Morgan fingerprint density at radius 3 is 2.60 bits per heavy atom. The van der Waals surface area contributed by atoms with Gasteiger partial charge in [-0.05, 0) is 34.1 Å². The summed E-state index contributed by atoms with van der Waals surface area (Å²) in [7, 11) is 0. The molecule has 0 aliphatic heterocycles. The Labute approximate surface area is 136 Å². The molecule has 1 heterocycles. The molecule has 3 N–H and O–H groups in total. The highest BCUT2D eigenvalue weighted by Crippen LogP contribution is 2.31. The summed E-state index contributed by atoms with van der Waals surface area (Å²) >= 11 is 10.1. The highest BCUT2D eigenvalue weighted by Gasteiger charge is 2.17. The van der Waals surface area contributed by atoms with Gasteiger partial charge < -0.3 is 11.1 Å². The average Bonchev–Trinajstić information content (AvgIpc) is 2.80. The number of anilines is 2. The molecule has 0 amide bonds. The van der Waals surface area contributed by atoms with Crippen molar-refractivity contribution >= 4 is 55.3 Å². The van der Waals surface area contributed by atoms with Gasteiger partial charge in [0.2, 0.25) is 0 Å². The van der Waals surface area contributed by atoms with Crippen molar-refractivity contribution in [1.29, 1.82) is 0 Å². The topological polar surface area (TPSA) is 50.9 Å². The number of hydrogen-bond acceptors (Lipinski definition) is 4. The minimum atomic E-state index is 0.0588. The first-order valence-corrected chi connectivity index (χ1v) is 8.18. The van der Waals surface area contributed by atoms with E-state index in [2.05, 4.69) is 52.4 Å². The van der Waals surface area contributed by atoms with Crippen molar-refractivity contribution in [3.8, 4) is 0 Å². The van der Waals surface area contributed by atoms with Crippen molar-refractivity contribution in [2.45, 2.75) is 26.2 Å². The second-order valence-corrected chi connectivity index (χ2v) is 7.62. The van der Waals surface area contributed by atoms with Crippen LogP contribution in [0.15, 0.2) is 28.1 Å². The highest BCUT2D eigenvalue weighted by molar-refractivity contribution is 9.10. The number of nitrogens with one attached hydrogen (secondary N) is 1. The van der Waals surface area contributed by atoms with Crippen molar-refractivity contribution in [3.05, 3.63) is 39.3 Å². The monoisotopic (exact) mass is 369 g/mol. The summed E-state index contributed by atoms with van der Waals surface area (Å²) < 4.78 is 0.912. The molecule has 0 unspecified atom stereocenters. The summed E-state index contributed by atoms with van der Waals surface area (Å²) in [6.07, 6.45) is 0. The van der Waals surface area contributed by atoms with Crippen molar-refractivity contribution in [2.75, 3.05) is 5.32 Å². The molecule has 0 aliphatic rings. The number of aromatic nitrogens is 1. The van der Waals surface area contributed by atoms with Gasteiger partial charge in [-0.1, -0.05) is 33.0 Å². The Bertz CT molecular complexity index is 644. The number of benzene rings is 1. The molecule has 0 fully saturated rings. The smallest absolute Gasteiger partial charge is 0.187 e. The van der Waals surface area contributed by atoms with E-state index >= 15 is 0 Å². The van der Waals surface area contributed by atoms with Crippen LogP contribution in [0.2, 0.25) is 0 Å². The fraction of sp³-hybridized carbons (Fsp3) is 0.286. The predicted molar refractivity (Wildman–Crippen MR) is 94.1 cm³/mol. The Hall–Kier alpha value is -0.980. The first-order valence-electron chi connectivity index (χ1n) is 6.10. The number of nitrogens with two attached hydrogens (primary N) is 1. The van der Waals surface area contributed by atoms with E-state index in [-0.39, 0.29) is 5.41 Å². The van der Waals surface area contributed by atoms with E-state index in [0.29, 0.717) is 4.99 Å². The second-order valence-electron chi connectivity index (χ2n) is 5.47. The van der Waals surface area contributed by atoms with Gasteiger partial charge in [-0.3, -0.25) is 0 Å². The molecule has 20 heavy (non-hydrogen) atoms. The minimum absolute atomic E-state index is 0.0588. The fourth-order valence-electron chi connectivity index (χ4n) is 1.56. The number of nitrogens with zero attached hydrogens (tertiary/aromatic N) is 1. The second kappa shape index (κ2) is 5.79. The zero-order valence-corrected chi connectivity index (χ0v) is 14.7. The summed E-state index contributed by atoms with van der Waals surface area (Å²) in [5, 5.41) is 6.26. The predicted octanol–water partition coefficient (Wildman–Crippen LogP) is 4.58. The van der Waals surface area contributed by atoms with E-state index in [9.17, 15) is 0 Å². The van der Waals surface area contributed by atoms with E-state index in [4.69, 9.17) is 18.0 Å². The fourth-order valence-corrected chi connectivity index (χ4v) is 3.11. The van der Waals surface area contributed by atoms with Crippen molar-refractivity contribution in [2.24, 2.45) is 5.73 Å². The van der Waals surface area contributed by atoms with Gasteiger partial charge in [-0.15, -0.1) is 11.3 Å². The number of halogens is 1. The summed E-state index contributed by atoms with van der Waals surface area (Å²) in [5.74, 6) is 0. The first kappa shape index (κ1) is 15.4. The van der Waals surface area contributed by atoms with Gasteiger partial charge in [0.25, 0.3) is 0 Å². The molecular weight excluding hydrogens is 354 g/mol. The third kappa shape index (κ3) is 3.56. The van der Waals surface area contributed by atoms with Crippen LogP contribution in [0.1, 0.15) is 32.0 Å². The number of hydrogen-bond donors (Lipinski definition) is 2. The van der Waals surface area contributed by atoms with Gasteiger partial charge in [0.15, 0.2) is 5.13 Å². The van der Waals surface area contributed by atoms with Crippen LogP contribution in [-0.2, 0) is 5.41 Å². The van der Waals surface area contributed by atoms with Crippen LogP contribution in [0.3, 0.4) is 0 Å². The van der Waals surface area contributed by atoms with Crippen LogP contribution in [0.5, 0.6) is 0 Å². The first-order chi connectivity index (χ1) is 9.27. The molecule has 0 atom stereocenters. The van der Waals surface area contributed by atoms with E-state index in [1.54, 1.807) is 11.3 Å². The van der Waals surface area contributed by atoms with E-state index < -0.39 is 0 Å².